The molecule has 2 rings (SSSR count). The second-order valence-corrected chi connectivity index (χ2v) is 5.03. The van der Waals surface area contributed by atoms with Crippen LogP contribution < -0.4 is 5.32 Å². The molecule has 1 aromatic heterocycles. The predicted molar refractivity (Wildman–Crippen MR) is 80.4 cm³/mol. The van der Waals surface area contributed by atoms with Crippen LogP contribution in [0, 0.1) is 5.92 Å². The minimum absolute atomic E-state index is 0.0776. The van der Waals surface area contributed by atoms with Crippen LogP contribution in [-0.2, 0) is 4.79 Å². The summed E-state index contributed by atoms with van der Waals surface area (Å²) in [5, 5.41) is 7.11. The molecule has 0 aliphatic heterocycles. The Morgan fingerprint density at radius 3 is 2.80 bits per heavy atom. The zero-order valence-corrected chi connectivity index (χ0v) is 11.8. The van der Waals surface area contributed by atoms with Gasteiger partial charge in [-0.3, -0.25) is 4.79 Å². The molecule has 0 unspecified atom stereocenters. The molecule has 20 heavy (non-hydrogen) atoms. The van der Waals surface area contributed by atoms with E-state index in [0.29, 0.717) is 12.5 Å². The first-order chi connectivity index (χ1) is 9.65. The van der Waals surface area contributed by atoms with Crippen molar-refractivity contribution in [1.82, 2.24) is 15.1 Å². The lowest BCUT2D eigenvalue weighted by Gasteiger charge is -2.03. The third-order valence-electron chi connectivity index (χ3n) is 2.73. The molecule has 104 valence electrons. The Kier molecular flexibility index (Phi) is 4.71. The number of nitrogens with one attached hydrogen (secondary N) is 1. The SMILES string of the molecule is CC(C)CNC(=O)/C=C/c1cnn(-c2ccccc2)c1. The van der Waals surface area contributed by atoms with Crippen molar-refractivity contribution in [2.45, 2.75) is 13.8 Å². The van der Waals surface area contributed by atoms with Crippen LogP contribution in [0.15, 0.2) is 48.8 Å². The highest BCUT2D eigenvalue weighted by atomic mass is 16.1. The predicted octanol–water partition coefficient (Wildman–Crippen LogP) is 2.66. The van der Waals surface area contributed by atoms with E-state index < -0.39 is 0 Å². The molecule has 0 bridgehead atoms. The minimum atomic E-state index is -0.0776. The number of aromatic nitrogens is 2. The third kappa shape index (κ3) is 4.09. The van der Waals surface area contributed by atoms with Crippen LogP contribution in [0.25, 0.3) is 11.8 Å². The summed E-state index contributed by atoms with van der Waals surface area (Å²) in [6.45, 7) is 4.81. The maximum Gasteiger partial charge on any atom is 0.244 e. The molecule has 1 heterocycles. The second-order valence-electron chi connectivity index (χ2n) is 5.03. The van der Waals surface area contributed by atoms with Gasteiger partial charge in [0, 0.05) is 24.4 Å². The van der Waals surface area contributed by atoms with Crippen molar-refractivity contribution in [2.24, 2.45) is 5.92 Å². The molecule has 0 atom stereocenters. The highest BCUT2D eigenvalue weighted by Crippen LogP contribution is 2.08. The molecule has 2 aromatic rings. The average molecular weight is 269 g/mol. The van der Waals surface area contributed by atoms with E-state index in [1.54, 1.807) is 17.0 Å². The zero-order chi connectivity index (χ0) is 14.4. The summed E-state index contributed by atoms with van der Waals surface area (Å²) in [6.07, 6.45) is 6.93. The van der Waals surface area contributed by atoms with Gasteiger partial charge < -0.3 is 5.32 Å². The number of rotatable bonds is 5. The molecule has 0 saturated heterocycles. The molecule has 0 radical (unpaired) electrons. The van der Waals surface area contributed by atoms with Gasteiger partial charge >= 0.3 is 0 Å². The van der Waals surface area contributed by atoms with Gasteiger partial charge in [-0.15, -0.1) is 0 Å². The summed E-state index contributed by atoms with van der Waals surface area (Å²) >= 11 is 0. The molecular weight excluding hydrogens is 250 g/mol. The summed E-state index contributed by atoms with van der Waals surface area (Å²) in [4.78, 5) is 11.6. The summed E-state index contributed by atoms with van der Waals surface area (Å²) < 4.78 is 1.78. The average Bonchev–Trinajstić information content (AvgIpc) is 2.93. The highest BCUT2D eigenvalue weighted by molar-refractivity contribution is 5.91. The molecule has 0 saturated carbocycles. The van der Waals surface area contributed by atoms with E-state index in [0.717, 1.165) is 11.3 Å². The second kappa shape index (κ2) is 6.70. The molecule has 4 heteroatoms. The summed E-state index contributed by atoms with van der Waals surface area (Å²) in [7, 11) is 0. The van der Waals surface area contributed by atoms with Crippen molar-refractivity contribution in [3.05, 3.63) is 54.4 Å². The Morgan fingerprint density at radius 2 is 2.10 bits per heavy atom. The number of para-hydroxylation sites is 1. The fraction of sp³-hybridized carbons (Fsp3) is 0.250. The van der Waals surface area contributed by atoms with Crippen molar-refractivity contribution in [2.75, 3.05) is 6.54 Å². The normalized spacial score (nSPS) is 11.2. The maximum absolute atomic E-state index is 11.6. The number of nitrogens with zero attached hydrogens (tertiary/aromatic N) is 2. The van der Waals surface area contributed by atoms with E-state index in [9.17, 15) is 4.79 Å². The quantitative estimate of drug-likeness (QED) is 0.848. The Bertz CT molecular complexity index is 585. The van der Waals surface area contributed by atoms with Crippen molar-refractivity contribution in [1.29, 1.82) is 0 Å². The monoisotopic (exact) mass is 269 g/mol. The number of carbonyl (C=O) groups excluding carboxylic acids is 1. The molecular formula is C16H19N3O. The van der Waals surface area contributed by atoms with Gasteiger partial charge in [-0.2, -0.15) is 5.10 Å². The van der Waals surface area contributed by atoms with Crippen LogP contribution in [0.1, 0.15) is 19.4 Å². The molecule has 1 aromatic carbocycles. The van der Waals surface area contributed by atoms with E-state index >= 15 is 0 Å². The molecule has 1 amide bonds. The van der Waals surface area contributed by atoms with Crippen molar-refractivity contribution in [3.8, 4) is 5.69 Å². The van der Waals surface area contributed by atoms with Crippen molar-refractivity contribution >= 4 is 12.0 Å². The van der Waals surface area contributed by atoms with Crippen LogP contribution in [0.3, 0.4) is 0 Å². The van der Waals surface area contributed by atoms with Gasteiger partial charge in [0.15, 0.2) is 0 Å². The summed E-state index contributed by atoms with van der Waals surface area (Å²) in [5.41, 5.74) is 1.89. The maximum atomic E-state index is 11.6. The largest absolute Gasteiger partial charge is 0.352 e. The first-order valence-electron chi connectivity index (χ1n) is 6.71. The molecule has 0 fully saturated rings. The number of hydrogen-bond acceptors (Lipinski definition) is 2. The van der Waals surface area contributed by atoms with Crippen LogP contribution >= 0.6 is 0 Å². The molecule has 4 nitrogen and oxygen atoms in total. The zero-order valence-electron chi connectivity index (χ0n) is 11.8. The molecule has 1 N–H and O–H groups in total. The molecule has 0 aliphatic carbocycles. The van der Waals surface area contributed by atoms with E-state index in [2.05, 4.69) is 24.3 Å². The van der Waals surface area contributed by atoms with Gasteiger partial charge in [0.1, 0.15) is 0 Å². The van der Waals surface area contributed by atoms with E-state index in [1.165, 1.54) is 6.08 Å². The van der Waals surface area contributed by atoms with Gasteiger partial charge in [0.2, 0.25) is 5.91 Å². The van der Waals surface area contributed by atoms with Crippen LogP contribution in [0.2, 0.25) is 0 Å². The molecule has 0 spiro atoms. The summed E-state index contributed by atoms with van der Waals surface area (Å²) in [5.74, 6) is 0.374. The van der Waals surface area contributed by atoms with Gasteiger partial charge in [0.05, 0.1) is 11.9 Å². The van der Waals surface area contributed by atoms with Crippen molar-refractivity contribution < 1.29 is 4.79 Å². The van der Waals surface area contributed by atoms with Crippen LogP contribution in [0.4, 0.5) is 0 Å². The van der Waals surface area contributed by atoms with Crippen LogP contribution in [0.5, 0.6) is 0 Å². The van der Waals surface area contributed by atoms with E-state index in [1.807, 2.05) is 36.5 Å². The molecule has 0 aliphatic rings. The highest BCUT2D eigenvalue weighted by Gasteiger charge is 2.00. The first-order valence-corrected chi connectivity index (χ1v) is 6.71. The lowest BCUT2D eigenvalue weighted by Crippen LogP contribution is -2.25. The first kappa shape index (κ1) is 14.1. The number of hydrogen-bond donors (Lipinski definition) is 1. The fourth-order valence-corrected chi connectivity index (χ4v) is 1.68. The Balaban J connectivity index is 1.98. The van der Waals surface area contributed by atoms with E-state index in [-0.39, 0.29) is 5.91 Å². The smallest absolute Gasteiger partial charge is 0.244 e. The van der Waals surface area contributed by atoms with Crippen molar-refractivity contribution in [3.63, 3.8) is 0 Å². The Morgan fingerprint density at radius 1 is 1.35 bits per heavy atom. The Hall–Kier alpha value is -2.36. The van der Waals surface area contributed by atoms with Crippen LogP contribution in [-0.4, -0.2) is 22.2 Å². The van der Waals surface area contributed by atoms with Gasteiger partial charge in [-0.05, 0) is 24.1 Å². The number of amides is 1. The topological polar surface area (TPSA) is 46.9 Å². The van der Waals surface area contributed by atoms with Gasteiger partial charge in [-0.25, -0.2) is 4.68 Å². The Labute approximate surface area is 119 Å². The third-order valence-corrected chi connectivity index (χ3v) is 2.73. The van der Waals surface area contributed by atoms with Gasteiger partial charge in [-0.1, -0.05) is 32.0 Å². The fourth-order valence-electron chi connectivity index (χ4n) is 1.68. The number of benzene rings is 1. The lowest BCUT2D eigenvalue weighted by molar-refractivity contribution is -0.116. The van der Waals surface area contributed by atoms with Gasteiger partial charge in [0.25, 0.3) is 0 Å². The van der Waals surface area contributed by atoms with E-state index in [4.69, 9.17) is 0 Å². The minimum Gasteiger partial charge on any atom is -0.352 e. The summed E-state index contributed by atoms with van der Waals surface area (Å²) in [6, 6.07) is 9.86. The lowest BCUT2D eigenvalue weighted by atomic mass is 10.2. The number of carbonyl (C=O) groups is 1. The standard InChI is InChI=1S/C16H19N3O/c1-13(2)10-17-16(20)9-8-14-11-18-19(12-14)15-6-4-3-5-7-15/h3-9,11-13H,10H2,1-2H3,(H,17,20)/b9-8+.